The maximum Gasteiger partial charge on any atom is 0.416 e. The minimum absolute atomic E-state index is 0.00588. The third-order valence-electron chi connectivity index (χ3n) is 3.18. The molecule has 25 heavy (non-hydrogen) atoms. The van der Waals surface area contributed by atoms with Gasteiger partial charge in [0.2, 0.25) is 0 Å². The highest BCUT2D eigenvalue weighted by Crippen LogP contribution is 2.35. The quantitative estimate of drug-likeness (QED) is 0.633. The lowest BCUT2D eigenvalue weighted by Gasteiger charge is -2.11. The molecule has 0 fully saturated rings. The van der Waals surface area contributed by atoms with Crippen molar-refractivity contribution < 1.29 is 27.6 Å². The molecule has 0 unspecified atom stereocenters. The number of ether oxygens (including phenoxy) is 1. The van der Waals surface area contributed by atoms with E-state index in [1.807, 2.05) is 0 Å². The fourth-order valence-corrected chi connectivity index (χ4v) is 2.22. The molecule has 2 N–H and O–H groups in total. The molecule has 2 aromatic carbocycles. The Morgan fingerprint density at radius 2 is 1.92 bits per heavy atom. The summed E-state index contributed by atoms with van der Waals surface area (Å²) in [7, 11) is 0. The van der Waals surface area contributed by atoms with E-state index < -0.39 is 28.3 Å². The van der Waals surface area contributed by atoms with Crippen LogP contribution >= 0.6 is 11.6 Å². The Morgan fingerprint density at radius 1 is 1.24 bits per heavy atom. The molecule has 0 saturated carbocycles. The molecular formula is C15H10ClF3N2O4. The van der Waals surface area contributed by atoms with E-state index in [9.17, 15) is 28.1 Å². The van der Waals surface area contributed by atoms with Crippen molar-refractivity contribution >= 4 is 23.2 Å². The SMILES string of the molecule is NC(=O)c1cc(COc2ccc(C(F)(F)F)cc2Cl)ccc1[N+](=O)[O-]. The van der Waals surface area contributed by atoms with Gasteiger partial charge in [-0.2, -0.15) is 13.2 Å². The van der Waals surface area contributed by atoms with Gasteiger partial charge in [0.05, 0.1) is 15.5 Å². The highest BCUT2D eigenvalue weighted by molar-refractivity contribution is 6.32. The Labute approximate surface area is 144 Å². The van der Waals surface area contributed by atoms with Gasteiger partial charge in [-0.15, -0.1) is 0 Å². The molecule has 0 saturated heterocycles. The van der Waals surface area contributed by atoms with Crippen LogP contribution in [0.25, 0.3) is 0 Å². The Hall–Kier alpha value is -2.81. The molecular weight excluding hydrogens is 365 g/mol. The fraction of sp³-hybridized carbons (Fsp3) is 0.133. The number of primary amides is 1. The highest BCUT2D eigenvalue weighted by atomic mass is 35.5. The van der Waals surface area contributed by atoms with Crippen molar-refractivity contribution in [1.29, 1.82) is 0 Å². The lowest BCUT2D eigenvalue weighted by molar-refractivity contribution is -0.385. The first-order valence-electron chi connectivity index (χ1n) is 6.66. The first-order chi connectivity index (χ1) is 11.6. The van der Waals surface area contributed by atoms with Crippen LogP contribution in [0.3, 0.4) is 0 Å². The van der Waals surface area contributed by atoms with Crippen LogP contribution in [0.4, 0.5) is 18.9 Å². The number of nitrogens with zero attached hydrogens (tertiary/aromatic N) is 1. The summed E-state index contributed by atoms with van der Waals surface area (Å²) >= 11 is 5.76. The average molecular weight is 375 g/mol. The zero-order chi connectivity index (χ0) is 18.8. The molecule has 2 rings (SSSR count). The van der Waals surface area contributed by atoms with Crippen LogP contribution in [0.1, 0.15) is 21.5 Å². The number of nitro groups is 1. The number of carbonyl (C=O) groups is 1. The molecule has 0 aromatic heterocycles. The van der Waals surface area contributed by atoms with E-state index in [0.717, 1.165) is 24.3 Å². The average Bonchev–Trinajstić information content (AvgIpc) is 2.52. The van der Waals surface area contributed by atoms with Crippen LogP contribution in [0, 0.1) is 10.1 Å². The van der Waals surface area contributed by atoms with Crippen molar-refractivity contribution in [2.24, 2.45) is 5.73 Å². The van der Waals surface area contributed by atoms with Crippen LogP contribution in [0.15, 0.2) is 36.4 Å². The number of amides is 1. The fourth-order valence-electron chi connectivity index (χ4n) is 1.98. The van der Waals surface area contributed by atoms with Gasteiger partial charge in [-0.1, -0.05) is 11.6 Å². The molecule has 132 valence electrons. The molecule has 0 bridgehead atoms. The zero-order valence-corrected chi connectivity index (χ0v) is 13.1. The van der Waals surface area contributed by atoms with Gasteiger partial charge in [0, 0.05) is 6.07 Å². The lowest BCUT2D eigenvalue weighted by atomic mass is 10.1. The predicted molar refractivity (Wildman–Crippen MR) is 82.4 cm³/mol. The molecule has 0 atom stereocenters. The van der Waals surface area contributed by atoms with Crippen LogP contribution in [-0.4, -0.2) is 10.8 Å². The standard InChI is InChI=1S/C15H10ClF3N2O4/c16-11-6-9(15(17,18)19)2-4-13(11)25-7-8-1-3-12(21(23)24)10(5-8)14(20)22/h1-6H,7H2,(H2,20,22). The summed E-state index contributed by atoms with van der Waals surface area (Å²) in [6, 6.07) is 6.20. The van der Waals surface area contributed by atoms with E-state index in [1.165, 1.54) is 12.1 Å². The van der Waals surface area contributed by atoms with Gasteiger partial charge >= 0.3 is 6.18 Å². The van der Waals surface area contributed by atoms with Gasteiger partial charge in [-0.25, -0.2) is 0 Å². The van der Waals surface area contributed by atoms with Crippen molar-refractivity contribution in [1.82, 2.24) is 0 Å². The molecule has 2 aromatic rings. The first kappa shape index (κ1) is 18.5. The Morgan fingerprint density at radius 3 is 2.44 bits per heavy atom. The molecule has 1 amide bonds. The van der Waals surface area contributed by atoms with Crippen molar-refractivity contribution in [3.63, 3.8) is 0 Å². The summed E-state index contributed by atoms with van der Waals surface area (Å²) in [5, 5.41) is 10.6. The zero-order valence-electron chi connectivity index (χ0n) is 12.3. The molecule has 0 aliphatic carbocycles. The van der Waals surface area contributed by atoms with Crippen molar-refractivity contribution in [2.75, 3.05) is 0 Å². The second kappa shape index (κ2) is 6.98. The topological polar surface area (TPSA) is 95.5 Å². The van der Waals surface area contributed by atoms with Crippen LogP contribution in [0.2, 0.25) is 5.02 Å². The number of nitrogens with two attached hydrogens (primary N) is 1. The molecule has 6 nitrogen and oxygen atoms in total. The normalized spacial score (nSPS) is 11.2. The summed E-state index contributed by atoms with van der Waals surface area (Å²) < 4.78 is 43.0. The summed E-state index contributed by atoms with van der Waals surface area (Å²) in [5.74, 6) is -0.991. The third-order valence-corrected chi connectivity index (χ3v) is 3.47. The largest absolute Gasteiger partial charge is 0.487 e. The van der Waals surface area contributed by atoms with E-state index in [-0.39, 0.29) is 22.9 Å². The van der Waals surface area contributed by atoms with Gasteiger partial charge < -0.3 is 10.5 Å². The van der Waals surface area contributed by atoms with Gasteiger partial charge in [0.25, 0.3) is 11.6 Å². The van der Waals surface area contributed by atoms with Crippen LogP contribution < -0.4 is 10.5 Å². The van der Waals surface area contributed by atoms with Gasteiger partial charge in [-0.05, 0) is 35.9 Å². The highest BCUT2D eigenvalue weighted by Gasteiger charge is 2.31. The minimum atomic E-state index is -4.53. The second-order valence-electron chi connectivity index (χ2n) is 4.90. The van der Waals surface area contributed by atoms with Crippen LogP contribution in [0.5, 0.6) is 5.75 Å². The van der Waals surface area contributed by atoms with Gasteiger partial charge in [-0.3, -0.25) is 14.9 Å². The first-order valence-corrected chi connectivity index (χ1v) is 7.04. The molecule has 0 heterocycles. The second-order valence-corrected chi connectivity index (χ2v) is 5.31. The summed E-state index contributed by atoms with van der Waals surface area (Å²) in [6.07, 6.45) is -4.53. The maximum absolute atomic E-state index is 12.6. The number of rotatable bonds is 5. The molecule has 0 radical (unpaired) electrons. The number of alkyl halides is 3. The lowest BCUT2D eigenvalue weighted by Crippen LogP contribution is -2.14. The van der Waals surface area contributed by atoms with Crippen molar-refractivity contribution in [2.45, 2.75) is 12.8 Å². The predicted octanol–water partition coefficient (Wildman–Crippen LogP) is 3.94. The maximum atomic E-state index is 12.6. The molecule has 0 spiro atoms. The summed E-state index contributed by atoms with van der Waals surface area (Å²) in [6.45, 7) is -0.177. The Bertz CT molecular complexity index is 840. The molecule has 0 aliphatic rings. The molecule has 10 heteroatoms. The number of hydrogen-bond acceptors (Lipinski definition) is 4. The van der Waals surface area contributed by atoms with Crippen molar-refractivity contribution in [3.05, 3.63) is 68.2 Å². The third kappa shape index (κ3) is 4.38. The van der Waals surface area contributed by atoms with Crippen molar-refractivity contribution in [3.8, 4) is 5.75 Å². The number of hydrogen-bond donors (Lipinski definition) is 1. The van der Waals surface area contributed by atoms with E-state index in [0.29, 0.717) is 5.56 Å². The van der Waals surface area contributed by atoms with E-state index >= 15 is 0 Å². The number of carbonyl (C=O) groups excluding carboxylic acids is 1. The number of halogens is 4. The van der Waals surface area contributed by atoms with E-state index in [4.69, 9.17) is 22.1 Å². The van der Waals surface area contributed by atoms with Crippen LogP contribution in [-0.2, 0) is 12.8 Å². The summed E-state index contributed by atoms with van der Waals surface area (Å²) in [5.41, 5.74) is 3.78. The van der Waals surface area contributed by atoms with E-state index in [1.54, 1.807) is 0 Å². The molecule has 0 aliphatic heterocycles. The Kier molecular flexibility index (Phi) is 5.17. The number of benzene rings is 2. The Balaban J connectivity index is 2.20. The number of nitro benzene ring substituents is 1. The smallest absolute Gasteiger partial charge is 0.416 e. The monoisotopic (exact) mass is 374 g/mol. The minimum Gasteiger partial charge on any atom is -0.487 e. The van der Waals surface area contributed by atoms with Gasteiger partial charge in [0.1, 0.15) is 17.9 Å². The summed E-state index contributed by atoms with van der Waals surface area (Å²) in [4.78, 5) is 21.4. The van der Waals surface area contributed by atoms with Gasteiger partial charge in [0.15, 0.2) is 0 Å². The van der Waals surface area contributed by atoms with E-state index in [2.05, 4.69) is 0 Å².